The quantitative estimate of drug-likeness (QED) is 0.859. The summed E-state index contributed by atoms with van der Waals surface area (Å²) >= 11 is 0. The Bertz CT molecular complexity index is 573. The molecule has 1 amide bonds. The number of carbonyl (C=O) groups excluding carboxylic acids is 1. The molecule has 0 heterocycles. The fraction of sp³-hybridized carbons (Fsp3) is 0.375. The summed E-state index contributed by atoms with van der Waals surface area (Å²) in [5.74, 6) is -1.32. The molecular formula is C16H21NO3. The van der Waals surface area contributed by atoms with E-state index >= 15 is 0 Å². The summed E-state index contributed by atoms with van der Waals surface area (Å²) in [6.45, 7) is 7.49. The van der Waals surface area contributed by atoms with Crippen LogP contribution >= 0.6 is 0 Å². The number of aryl methyl sites for hydroxylation is 2. The van der Waals surface area contributed by atoms with Crippen LogP contribution in [0.5, 0.6) is 0 Å². The first kappa shape index (κ1) is 16.0. The van der Waals surface area contributed by atoms with Crippen LogP contribution in [0, 0.1) is 13.8 Å². The second-order valence-electron chi connectivity index (χ2n) is 5.15. The zero-order valence-corrected chi connectivity index (χ0v) is 12.7. The van der Waals surface area contributed by atoms with E-state index in [1.54, 1.807) is 18.9 Å². The van der Waals surface area contributed by atoms with Crippen molar-refractivity contribution in [3.05, 3.63) is 46.0 Å². The average molecular weight is 275 g/mol. The highest BCUT2D eigenvalue weighted by atomic mass is 16.4. The van der Waals surface area contributed by atoms with Crippen molar-refractivity contribution >= 4 is 11.9 Å². The molecule has 4 nitrogen and oxygen atoms in total. The molecule has 0 aliphatic rings. The molecule has 0 aliphatic carbocycles. The summed E-state index contributed by atoms with van der Waals surface area (Å²) in [4.78, 5) is 24.6. The van der Waals surface area contributed by atoms with E-state index in [-0.39, 0.29) is 17.1 Å². The number of carboxylic acids is 1. The predicted molar refractivity (Wildman–Crippen MR) is 78.4 cm³/mol. The minimum atomic E-state index is -1.06. The number of benzene rings is 1. The maximum Gasteiger partial charge on any atom is 0.331 e. The maximum atomic E-state index is 12.2. The molecule has 0 aliphatic heterocycles. The largest absolute Gasteiger partial charge is 0.478 e. The fourth-order valence-electron chi connectivity index (χ4n) is 1.96. The average Bonchev–Trinajstić information content (AvgIpc) is 2.39. The van der Waals surface area contributed by atoms with E-state index in [1.165, 1.54) is 12.5 Å². The van der Waals surface area contributed by atoms with Gasteiger partial charge in [0.25, 0.3) is 0 Å². The first-order valence-electron chi connectivity index (χ1n) is 6.46. The van der Waals surface area contributed by atoms with Gasteiger partial charge in [-0.05, 0) is 38.8 Å². The zero-order valence-electron chi connectivity index (χ0n) is 12.7. The lowest BCUT2D eigenvalue weighted by Crippen LogP contribution is -2.28. The van der Waals surface area contributed by atoms with Gasteiger partial charge in [0.1, 0.15) is 0 Å². The molecular weight excluding hydrogens is 254 g/mol. The van der Waals surface area contributed by atoms with Gasteiger partial charge in [0, 0.05) is 24.7 Å². The van der Waals surface area contributed by atoms with Crippen LogP contribution in [-0.4, -0.2) is 28.9 Å². The number of amides is 1. The van der Waals surface area contributed by atoms with Crippen LogP contribution in [0.1, 0.15) is 30.5 Å². The molecule has 0 atom stereocenters. The molecule has 0 radical (unpaired) electrons. The van der Waals surface area contributed by atoms with Crippen molar-refractivity contribution in [3.63, 3.8) is 0 Å². The predicted octanol–water partition coefficient (Wildman–Crippen LogP) is 2.68. The molecule has 20 heavy (non-hydrogen) atoms. The first-order valence-corrected chi connectivity index (χ1v) is 6.46. The third-order valence-corrected chi connectivity index (χ3v) is 3.46. The highest BCUT2D eigenvalue weighted by Crippen LogP contribution is 2.14. The van der Waals surface area contributed by atoms with E-state index < -0.39 is 5.97 Å². The molecule has 0 unspecified atom stereocenters. The van der Waals surface area contributed by atoms with Crippen LogP contribution in [0.3, 0.4) is 0 Å². The molecule has 0 fully saturated rings. The number of aliphatic carboxylic acids is 1. The van der Waals surface area contributed by atoms with E-state index in [0.717, 1.165) is 11.1 Å². The molecule has 0 saturated heterocycles. The molecule has 1 rings (SSSR count). The van der Waals surface area contributed by atoms with E-state index in [4.69, 9.17) is 5.11 Å². The van der Waals surface area contributed by atoms with Crippen molar-refractivity contribution in [2.75, 3.05) is 7.05 Å². The van der Waals surface area contributed by atoms with Crippen molar-refractivity contribution in [1.82, 2.24) is 4.90 Å². The molecule has 0 bridgehead atoms. The minimum absolute atomic E-state index is 0.0856. The van der Waals surface area contributed by atoms with Gasteiger partial charge in [-0.15, -0.1) is 0 Å². The van der Waals surface area contributed by atoms with Crippen molar-refractivity contribution in [2.45, 2.75) is 34.2 Å². The van der Waals surface area contributed by atoms with Gasteiger partial charge >= 0.3 is 5.97 Å². The van der Waals surface area contributed by atoms with E-state index in [2.05, 4.69) is 6.07 Å². The second kappa shape index (κ2) is 6.37. The van der Waals surface area contributed by atoms with Gasteiger partial charge in [0.05, 0.1) is 0 Å². The summed E-state index contributed by atoms with van der Waals surface area (Å²) < 4.78 is 0. The highest BCUT2D eigenvalue weighted by molar-refractivity contribution is 6.01. The molecule has 1 aromatic rings. The van der Waals surface area contributed by atoms with Gasteiger partial charge in [0.2, 0.25) is 5.91 Å². The lowest BCUT2D eigenvalue weighted by atomic mass is 10.0. The first-order chi connectivity index (χ1) is 9.23. The van der Waals surface area contributed by atoms with Gasteiger partial charge in [0.15, 0.2) is 0 Å². The second-order valence-corrected chi connectivity index (χ2v) is 5.15. The Kier molecular flexibility index (Phi) is 5.08. The Balaban J connectivity index is 2.91. The number of nitrogens with zero attached hydrogens (tertiary/aromatic N) is 1. The Labute approximate surface area is 119 Å². The Hall–Kier alpha value is -2.10. The summed E-state index contributed by atoms with van der Waals surface area (Å²) in [6, 6.07) is 6.07. The highest BCUT2D eigenvalue weighted by Gasteiger charge is 2.17. The number of rotatable bonds is 4. The lowest BCUT2D eigenvalue weighted by Gasteiger charge is -2.19. The maximum absolute atomic E-state index is 12.2. The van der Waals surface area contributed by atoms with Crippen LogP contribution in [0.25, 0.3) is 0 Å². The molecule has 0 aromatic heterocycles. The Morgan fingerprint density at radius 2 is 1.75 bits per heavy atom. The third-order valence-electron chi connectivity index (χ3n) is 3.46. The van der Waals surface area contributed by atoms with Crippen molar-refractivity contribution in [2.24, 2.45) is 0 Å². The SMILES string of the molecule is CC(C(=O)O)=C(C)C(=O)N(C)Cc1ccc(C)cc1C. The molecule has 0 spiro atoms. The van der Waals surface area contributed by atoms with Crippen LogP contribution in [0.2, 0.25) is 0 Å². The van der Waals surface area contributed by atoms with Gasteiger partial charge < -0.3 is 10.0 Å². The summed E-state index contributed by atoms with van der Waals surface area (Å²) in [7, 11) is 1.68. The topological polar surface area (TPSA) is 57.6 Å². The Morgan fingerprint density at radius 3 is 2.25 bits per heavy atom. The number of carboxylic acid groups (broad SMARTS) is 1. The molecule has 0 saturated carbocycles. The van der Waals surface area contributed by atoms with Crippen molar-refractivity contribution in [1.29, 1.82) is 0 Å². The standard InChI is InChI=1S/C16H21NO3/c1-10-6-7-14(11(2)8-10)9-17(5)15(18)12(3)13(4)16(19)20/h6-8H,9H2,1-5H3,(H,19,20). The van der Waals surface area contributed by atoms with Gasteiger partial charge in [-0.2, -0.15) is 0 Å². The van der Waals surface area contributed by atoms with Gasteiger partial charge in [-0.25, -0.2) is 4.79 Å². The number of hydrogen-bond donors (Lipinski definition) is 1. The van der Waals surface area contributed by atoms with Gasteiger partial charge in [-0.3, -0.25) is 4.79 Å². The van der Waals surface area contributed by atoms with Gasteiger partial charge in [-0.1, -0.05) is 23.8 Å². The third kappa shape index (κ3) is 3.70. The van der Waals surface area contributed by atoms with Crippen LogP contribution in [0.15, 0.2) is 29.3 Å². The normalized spacial score (nSPS) is 11.8. The van der Waals surface area contributed by atoms with Crippen molar-refractivity contribution in [3.8, 4) is 0 Å². The van der Waals surface area contributed by atoms with Crippen LogP contribution in [0.4, 0.5) is 0 Å². The van der Waals surface area contributed by atoms with Crippen molar-refractivity contribution < 1.29 is 14.7 Å². The molecule has 108 valence electrons. The van der Waals surface area contributed by atoms with Crippen LogP contribution in [-0.2, 0) is 16.1 Å². The van der Waals surface area contributed by atoms with E-state index in [9.17, 15) is 9.59 Å². The molecule has 1 aromatic carbocycles. The Morgan fingerprint density at radius 1 is 1.15 bits per heavy atom. The summed E-state index contributed by atoms with van der Waals surface area (Å²) in [5, 5.41) is 8.92. The lowest BCUT2D eigenvalue weighted by molar-refractivity contribution is -0.133. The number of likely N-dealkylation sites (N-methyl/N-ethyl adjacent to an activating group) is 1. The summed E-state index contributed by atoms with van der Waals surface area (Å²) in [6.07, 6.45) is 0. The monoisotopic (exact) mass is 275 g/mol. The zero-order chi connectivity index (χ0) is 15.4. The molecule has 4 heteroatoms. The summed E-state index contributed by atoms with van der Waals surface area (Å²) in [5.41, 5.74) is 3.72. The smallest absolute Gasteiger partial charge is 0.331 e. The number of carbonyl (C=O) groups is 2. The van der Waals surface area contributed by atoms with E-state index in [0.29, 0.717) is 6.54 Å². The minimum Gasteiger partial charge on any atom is -0.478 e. The van der Waals surface area contributed by atoms with E-state index in [1.807, 2.05) is 26.0 Å². The number of hydrogen-bond acceptors (Lipinski definition) is 2. The van der Waals surface area contributed by atoms with Crippen LogP contribution < -0.4 is 0 Å². The molecule has 1 N–H and O–H groups in total. The fourth-order valence-corrected chi connectivity index (χ4v) is 1.96.